The van der Waals surface area contributed by atoms with E-state index in [0.717, 1.165) is 17.7 Å². The van der Waals surface area contributed by atoms with Crippen molar-refractivity contribution in [3.05, 3.63) is 47.6 Å². The molecule has 2 unspecified atom stereocenters. The number of thioether (sulfide) groups is 2. The lowest BCUT2D eigenvalue weighted by molar-refractivity contribution is 0.221. The Morgan fingerprint density at radius 1 is 0.794 bits per heavy atom. The number of allylic oxidation sites excluding steroid dienone is 2. The van der Waals surface area contributed by atoms with Gasteiger partial charge in [0.25, 0.3) is 0 Å². The van der Waals surface area contributed by atoms with Crippen molar-refractivity contribution < 1.29 is 10.2 Å². The van der Waals surface area contributed by atoms with E-state index < -0.39 is 9.01 Å². The van der Waals surface area contributed by atoms with Crippen LogP contribution in [0.5, 0.6) is 5.75 Å². The number of hydrogen-bond donors (Lipinski definition) is 2. The molecule has 2 atom stereocenters. The van der Waals surface area contributed by atoms with E-state index in [1.807, 2.05) is 12.1 Å². The number of aromatic hydroxyl groups is 1. The van der Waals surface area contributed by atoms with Gasteiger partial charge in [-0.1, -0.05) is 133 Å². The second-order valence-electron chi connectivity index (χ2n) is 10.2. The second kappa shape index (κ2) is 14.0. The molecule has 190 valence electrons. The fourth-order valence-electron chi connectivity index (χ4n) is 4.81. The molecule has 1 fully saturated rings. The molecule has 0 bridgehead atoms. The van der Waals surface area contributed by atoms with Crippen LogP contribution in [0.25, 0.3) is 0 Å². The number of rotatable bonds is 18. The van der Waals surface area contributed by atoms with Gasteiger partial charge < -0.3 is 10.2 Å². The highest BCUT2D eigenvalue weighted by molar-refractivity contribution is 8.26. The molecule has 0 spiro atoms. The Labute approximate surface area is 217 Å². The Kier molecular flexibility index (Phi) is 11.5. The number of phenols is 1. The summed E-state index contributed by atoms with van der Waals surface area (Å²) in [5.74, 6) is 0.328. The molecule has 2 aliphatic rings. The number of benzene rings is 1. The van der Waals surface area contributed by atoms with Gasteiger partial charge in [0.15, 0.2) is 4.93 Å². The van der Waals surface area contributed by atoms with Gasteiger partial charge >= 0.3 is 0 Å². The van der Waals surface area contributed by atoms with E-state index in [-0.39, 0.29) is 0 Å². The van der Waals surface area contributed by atoms with Crippen LogP contribution in [0.1, 0.15) is 116 Å². The number of aryl methyl sites for hydroxylation is 1. The molecule has 4 heteroatoms. The Morgan fingerprint density at radius 2 is 1.38 bits per heavy atom. The molecule has 0 saturated carbocycles. The monoisotopic (exact) mass is 502 g/mol. The average molecular weight is 503 g/mol. The van der Waals surface area contributed by atoms with Crippen molar-refractivity contribution in [1.82, 2.24) is 0 Å². The fourth-order valence-corrected chi connectivity index (χ4v) is 7.77. The molecule has 2 N–H and O–H groups in total. The molecule has 0 amide bonds. The Morgan fingerprint density at radius 3 is 2.03 bits per heavy atom. The van der Waals surface area contributed by atoms with Crippen molar-refractivity contribution in [2.75, 3.05) is 0 Å². The van der Waals surface area contributed by atoms with Crippen molar-refractivity contribution in [3.8, 4) is 5.75 Å². The minimum absolute atomic E-state index is 0.328. The van der Waals surface area contributed by atoms with Gasteiger partial charge in [-0.2, -0.15) is 0 Å². The first kappa shape index (κ1) is 27.7. The average Bonchev–Trinajstić information content (AvgIpc) is 3.44. The lowest BCUT2D eigenvalue weighted by atomic mass is 9.99. The third kappa shape index (κ3) is 8.10. The first-order chi connectivity index (χ1) is 16.5. The van der Waals surface area contributed by atoms with Crippen LogP contribution in [-0.2, 0) is 6.42 Å². The summed E-state index contributed by atoms with van der Waals surface area (Å²) in [5.41, 5.74) is 2.62. The van der Waals surface area contributed by atoms with Crippen molar-refractivity contribution in [3.63, 3.8) is 0 Å². The van der Waals surface area contributed by atoms with Crippen LogP contribution in [0.4, 0.5) is 0 Å². The Hall–Kier alpha value is -0.840. The highest BCUT2D eigenvalue weighted by atomic mass is 32.2. The first-order valence-corrected chi connectivity index (χ1v) is 15.5. The summed E-state index contributed by atoms with van der Waals surface area (Å²) in [7, 11) is 0. The standard InChI is InChI=1S/C30H46O2S2/c1-3-5-7-9-11-13-15-17-25-19-20-27(31)28(23-25)33-30-24-26(21-22-29(30,32)34-30)18-16-14-12-10-8-6-4-2/h19-24,31-32H,3-18H2,1-2H3. The summed E-state index contributed by atoms with van der Waals surface area (Å²) < 4.78 is -0.395. The maximum atomic E-state index is 11.0. The molecular weight excluding hydrogens is 456 g/mol. The fraction of sp³-hybridized carbons (Fsp3) is 0.667. The third-order valence-corrected chi connectivity index (χ3v) is 10.3. The van der Waals surface area contributed by atoms with Crippen LogP contribution >= 0.6 is 23.5 Å². The van der Waals surface area contributed by atoms with Crippen LogP contribution < -0.4 is 0 Å². The SMILES string of the molecule is CCCCCCCCCC1=CC2(Sc3cc(CCCCCCCCC)ccc3O)SC2(O)C=C1. The van der Waals surface area contributed by atoms with E-state index in [1.54, 1.807) is 23.5 Å². The summed E-state index contributed by atoms with van der Waals surface area (Å²) in [6.45, 7) is 4.52. The molecular formula is C30H46O2S2. The number of hydrogen-bond acceptors (Lipinski definition) is 4. The molecule has 0 aromatic heterocycles. The van der Waals surface area contributed by atoms with E-state index >= 15 is 0 Å². The molecule has 1 heterocycles. The number of unbranched alkanes of at least 4 members (excludes halogenated alkanes) is 12. The summed E-state index contributed by atoms with van der Waals surface area (Å²) in [6, 6.07) is 6.04. The number of phenolic OH excluding ortho intramolecular Hbond substituents is 1. The lowest BCUT2D eigenvalue weighted by Gasteiger charge is -2.20. The largest absolute Gasteiger partial charge is 0.507 e. The van der Waals surface area contributed by atoms with Crippen molar-refractivity contribution in [1.29, 1.82) is 0 Å². The minimum Gasteiger partial charge on any atom is -0.507 e. The molecule has 3 rings (SSSR count). The van der Waals surface area contributed by atoms with Crippen LogP contribution in [-0.4, -0.2) is 19.2 Å². The van der Waals surface area contributed by atoms with Gasteiger partial charge in [0, 0.05) is 0 Å². The quantitative estimate of drug-likeness (QED) is 0.155. The molecule has 1 aliphatic heterocycles. The van der Waals surface area contributed by atoms with Gasteiger partial charge in [-0.15, -0.1) is 0 Å². The van der Waals surface area contributed by atoms with Crippen LogP contribution in [0.2, 0.25) is 0 Å². The van der Waals surface area contributed by atoms with Crippen LogP contribution in [0.3, 0.4) is 0 Å². The number of aliphatic hydroxyl groups is 1. The second-order valence-corrected chi connectivity index (χ2v) is 13.2. The minimum atomic E-state index is -0.845. The third-order valence-electron chi connectivity index (χ3n) is 7.09. The topological polar surface area (TPSA) is 40.5 Å². The Balaban J connectivity index is 1.49. The smallest absolute Gasteiger partial charge is 0.159 e. The van der Waals surface area contributed by atoms with Gasteiger partial charge in [0.1, 0.15) is 9.83 Å². The van der Waals surface area contributed by atoms with Gasteiger partial charge in [-0.05, 0) is 55.0 Å². The summed E-state index contributed by atoms with van der Waals surface area (Å²) in [6.07, 6.45) is 26.9. The molecule has 2 nitrogen and oxygen atoms in total. The maximum Gasteiger partial charge on any atom is 0.159 e. The summed E-state index contributed by atoms with van der Waals surface area (Å²) in [4.78, 5) is 0.0492. The number of fused-ring (bicyclic) bond motifs is 1. The lowest BCUT2D eigenvalue weighted by Crippen LogP contribution is -2.21. The molecule has 0 radical (unpaired) electrons. The van der Waals surface area contributed by atoms with Crippen LogP contribution in [0, 0.1) is 0 Å². The highest BCUT2D eigenvalue weighted by Crippen LogP contribution is 2.73. The summed E-state index contributed by atoms with van der Waals surface area (Å²) in [5, 5.41) is 21.6. The normalized spacial score (nSPS) is 23.1. The van der Waals surface area contributed by atoms with E-state index in [1.165, 1.54) is 101 Å². The van der Waals surface area contributed by atoms with Crippen molar-refractivity contribution >= 4 is 23.5 Å². The van der Waals surface area contributed by atoms with Crippen molar-refractivity contribution in [2.45, 2.75) is 130 Å². The van der Waals surface area contributed by atoms with E-state index in [0.29, 0.717) is 5.75 Å². The van der Waals surface area contributed by atoms with Crippen molar-refractivity contribution in [2.24, 2.45) is 0 Å². The van der Waals surface area contributed by atoms with E-state index in [4.69, 9.17) is 0 Å². The predicted octanol–water partition coefficient (Wildman–Crippen LogP) is 9.55. The van der Waals surface area contributed by atoms with Crippen LogP contribution in [0.15, 0.2) is 46.9 Å². The summed E-state index contributed by atoms with van der Waals surface area (Å²) >= 11 is 3.22. The zero-order chi connectivity index (χ0) is 24.3. The first-order valence-electron chi connectivity index (χ1n) is 13.9. The van der Waals surface area contributed by atoms with Gasteiger partial charge in [-0.25, -0.2) is 0 Å². The highest BCUT2D eigenvalue weighted by Gasteiger charge is 2.68. The predicted molar refractivity (Wildman–Crippen MR) is 151 cm³/mol. The molecule has 34 heavy (non-hydrogen) atoms. The van der Waals surface area contributed by atoms with E-state index in [9.17, 15) is 10.2 Å². The molecule has 1 aromatic rings. The van der Waals surface area contributed by atoms with Gasteiger partial charge in [0.2, 0.25) is 0 Å². The zero-order valence-electron chi connectivity index (χ0n) is 21.5. The molecule has 1 saturated heterocycles. The molecule has 1 aliphatic carbocycles. The maximum absolute atomic E-state index is 11.0. The Bertz CT molecular complexity index is 818. The van der Waals surface area contributed by atoms with Gasteiger partial charge in [0.05, 0.1) is 4.90 Å². The van der Waals surface area contributed by atoms with E-state index in [2.05, 4.69) is 38.1 Å². The zero-order valence-corrected chi connectivity index (χ0v) is 23.1. The van der Waals surface area contributed by atoms with Gasteiger partial charge in [-0.3, -0.25) is 0 Å². The molecule has 1 aromatic carbocycles.